The maximum atomic E-state index is 13.3. The van der Waals surface area contributed by atoms with E-state index in [1.165, 1.54) is 18.4 Å². The quantitative estimate of drug-likeness (QED) is 0.576. The SMILES string of the molecule is CCOC(=O)c1nn(-c2cccc(OC)c2)c(=O)c2c(NC(=O)CC(C)C)scc12. The molecule has 0 bridgehead atoms. The van der Waals surface area contributed by atoms with Crippen LogP contribution in [0.1, 0.15) is 37.7 Å². The van der Waals surface area contributed by atoms with Gasteiger partial charge in [-0.15, -0.1) is 11.3 Å². The number of ether oxygens (including phenoxy) is 2. The lowest BCUT2D eigenvalue weighted by atomic mass is 10.1. The number of aromatic nitrogens is 2. The van der Waals surface area contributed by atoms with Gasteiger partial charge in [-0.2, -0.15) is 9.78 Å². The van der Waals surface area contributed by atoms with E-state index in [2.05, 4.69) is 10.4 Å². The van der Waals surface area contributed by atoms with Crippen LogP contribution in [0.25, 0.3) is 16.5 Å². The van der Waals surface area contributed by atoms with Crippen LogP contribution in [0.3, 0.4) is 0 Å². The highest BCUT2D eigenvalue weighted by Gasteiger charge is 2.23. The Morgan fingerprint density at radius 1 is 1.30 bits per heavy atom. The third-order valence-electron chi connectivity index (χ3n) is 4.27. The first kappa shape index (κ1) is 21.5. The van der Waals surface area contributed by atoms with Crippen molar-refractivity contribution < 1.29 is 19.1 Å². The van der Waals surface area contributed by atoms with Crippen molar-refractivity contribution in [1.29, 1.82) is 0 Å². The molecular formula is C21H23N3O5S. The maximum absolute atomic E-state index is 13.3. The molecule has 3 aromatic rings. The molecule has 9 heteroatoms. The number of anilines is 1. The lowest BCUT2D eigenvalue weighted by Crippen LogP contribution is -2.25. The van der Waals surface area contributed by atoms with Crippen LogP contribution < -0.4 is 15.6 Å². The normalized spacial score (nSPS) is 11.0. The fourth-order valence-electron chi connectivity index (χ4n) is 2.96. The molecule has 0 fully saturated rings. The standard InChI is InChI=1S/C21H23N3O5S/c1-5-29-21(27)18-15-11-30-19(22-16(25)9-12(2)3)17(15)20(26)24(23-18)13-7-6-8-14(10-13)28-4/h6-8,10-12H,5,9H2,1-4H3,(H,22,25). The van der Waals surface area contributed by atoms with Gasteiger partial charge in [0.15, 0.2) is 5.69 Å². The average molecular weight is 429 g/mol. The summed E-state index contributed by atoms with van der Waals surface area (Å²) in [5, 5.41) is 9.66. The molecule has 0 aliphatic carbocycles. The number of fused-ring (bicyclic) bond motifs is 1. The molecule has 3 rings (SSSR count). The zero-order valence-electron chi connectivity index (χ0n) is 17.2. The third kappa shape index (κ3) is 4.35. The van der Waals surface area contributed by atoms with Crippen LogP contribution in [-0.2, 0) is 9.53 Å². The molecule has 0 atom stereocenters. The maximum Gasteiger partial charge on any atom is 0.359 e. The minimum atomic E-state index is -0.642. The Bertz CT molecular complexity index is 1150. The van der Waals surface area contributed by atoms with Gasteiger partial charge in [0.2, 0.25) is 5.91 Å². The number of hydrogen-bond acceptors (Lipinski definition) is 7. The van der Waals surface area contributed by atoms with E-state index in [1.54, 1.807) is 36.6 Å². The van der Waals surface area contributed by atoms with Crippen molar-refractivity contribution in [3.8, 4) is 11.4 Å². The predicted octanol–water partition coefficient (Wildman–Crippen LogP) is 3.62. The number of methoxy groups -OCH3 is 1. The second-order valence-electron chi connectivity index (χ2n) is 6.99. The molecule has 0 saturated heterocycles. The lowest BCUT2D eigenvalue weighted by molar-refractivity contribution is -0.116. The van der Waals surface area contributed by atoms with Crippen LogP contribution in [0.15, 0.2) is 34.4 Å². The fourth-order valence-corrected chi connectivity index (χ4v) is 3.91. The summed E-state index contributed by atoms with van der Waals surface area (Å²) in [6.45, 7) is 5.73. The van der Waals surface area contributed by atoms with Crippen molar-refractivity contribution in [1.82, 2.24) is 9.78 Å². The van der Waals surface area contributed by atoms with Crippen LogP contribution in [0.2, 0.25) is 0 Å². The highest BCUT2D eigenvalue weighted by atomic mass is 32.1. The number of esters is 1. The van der Waals surface area contributed by atoms with Gasteiger partial charge in [-0.3, -0.25) is 9.59 Å². The van der Waals surface area contributed by atoms with Crippen molar-refractivity contribution >= 4 is 39.0 Å². The van der Waals surface area contributed by atoms with Gasteiger partial charge < -0.3 is 14.8 Å². The molecule has 0 aliphatic heterocycles. The molecule has 8 nitrogen and oxygen atoms in total. The Morgan fingerprint density at radius 3 is 2.73 bits per heavy atom. The minimum absolute atomic E-state index is 0.00915. The van der Waals surface area contributed by atoms with Gasteiger partial charge in [0.25, 0.3) is 5.56 Å². The molecule has 1 N–H and O–H groups in total. The molecule has 0 aliphatic rings. The molecule has 0 radical (unpaired) electrons. The second kappa shape index (κ2) is 9.08. The summed E-state index contributed by atoms with van der Waals surface area (Å²) in [7, 11) is 1.52. The first-order valence-corrected chi connectivity index (χ1v) is 10.4. The summed E-state index contributed by atoms with van der Waals surface area (Å²) in [5.41, 5.74) is -0.0141. The number of thiophene rings is 1. The fraction of sp³-hybridized carbons (Fsp3) is 0.333. The zero-order chi connectivity index (χ0) is 21.8. The number of amides is 1. The number of nitrogens with one attached hydrogen (secondary N) is 1. The van der Waals surface area contributed by atoms with E-state index >= 15 is 0 Å². The number of carbonyl (C=O) groups is 2. The van der Waals surface area contributed by atoms with Crippen LogP contribution >= 0.6 is 11.3 Å². The first-order chi connectivity index (χ1) is 14.3. The van der Waals surface area contributed by atoms with Crippen LogP contribution in [0.5, 0.6) is 5.75 Å². The van der Waals surface area contributed by atoms with Crippen molar-refractivity contribution in [2.24, 2.45) is 5.92 Å². The Kier molecular flexibility index (Phi) is 6.51. The summed E-state index contributed by atoms with van der Waals surface area (Å²) in [6, 6.07) is 6.77. The number of benzene rings is 1. The van der Waals surface area contributed by atoms with Crippen molar-refractivity contribution in [3.05, 3.63) is 45.7 Å². The van der Waals surface area contributed by atoms with Crippen molar-refractivity contribution in [2.45, 2.75) is 27.2 Å². The molecule has 0 unspecified atom stereocenters. The number of carbonyl (C=O) groups excluding carboxylic acids is 2. The summed E-state index contributed by atoms with van der Waals surface area (Å²) in [4.78, 5) is 38.2. The van der Waals surface area contributed by atoms with E-state index in [0.29, 0.717) is 28.2 Å². The molecule has 1 amide bonds. The number of nitrogens with zero attached hydrogens (tertiary/aromatic N) is 2. The topological polar surface area (TPSA) is 99.5 Å². The monoisotopic (exact) mass is 429 g/mol. The smallest absolute Gasteiger partial charge is 0.359 e. The van der Waals surface area contributed by atoms with Crippen LogP contribution in [0, 0.1) is 5.92 Å². The zero-order valence-corrected chi connectivity index (χ0v) is 18.0. The van der Waals surface area contributed by atoms with Crippen LogP contribution in [-0.4, -0.2) is 35.4 Å². The summed E-state index contributed by atoms with van der Waals surface area (Å²) in [6.07, 6.45) is 0.319. The molecule has 1 aromatic carbocycles. The first-order valence-electron chi connectivity index (χ1n) is 9.51. The van der Waals surface area contributed by atoms with Gasteiger partial charge in [0.05, 0.1) is 24.8 Å². The number of rotatable bonds is 7. The van der Waals surface area contributed by atoms with E-state index in [9.17, 15) is 14.4 Å². The van der Waals surface area contributed by atoms with E-state index in [4.69, 9.17) is 9.47 Å². The molecule has 30 heavy (non-hydrogen) atoms. The Balaban J connectivity index is 2.22. The average Bonchev–Trinajstić information content (AvgIpc) is 3.11. The molecular weight excluding hydrogens is 406 g/mol. The molecule has 158 valence electrons. The summed E-state index contributed by atoms with van der Waals surface area (Å²) in [5.74, 6) is -0.135. The molecule has 0 spiro atoms. The highest BCUT2D eigenvalue weighted by molar-refractivity contribution is 7.16. The molecule has 2 aromatic heterocycles. The van der Waals surface area contributed by atoms with E-state index in [-0.39, 0.29) is 29.5 Å². The largest absolute Gasteiger partial charge is 0.497 e. The number of hydrogen-bond donors (Lipinski definition) is 1. The predicted molar refractivity (Wildman–Crippen MR) is 116 cm³/mol. The van der Waals surface area contributed by atoms with Gasteiger partial charge in [-0.25, -0.2) is 4.79 Å². The van der Waals surface area contributed by atoms with Crippen LogP contribution in [0.4, 0.5) is 5.00 Å². The Hall–Kier alpha value is -3.20. The third-order valence-corrected chi connectivity index (χ3v) is 5.16. The van der Waals surface area contributed by atoms with Gasteiger partial charge in [0, 0.05) is 23.3 Å². The summed E-state index contributed by atoms with van der Waals surface area (Å²) >= 11 is 1.18. The van der Waals surface area contributed by atoms with Gasteiger partial charge in [-0.1, -0.05) is 19.9 Å². The van der Waals surface area contributed by atoms with E-state index in [1.807, 2.05) is 13.8 Å². The van der Waals surface area contributed by atoms with Gasteiger partial charge >= 0.3 is 5.97 Å². The summed E-state index contributed by atoms with van der Waals surface area (Å²) < 4.78 is 11.5. The van der Waals surface area contributed by atoms with E-state index < -0.39 is 11.5 Å². The minimum Gasteiger partial charge on any atom is -0.497 e. The van der Waals surface area contributed by atoms with Gasteiger partial charge in [-0.05, 0) is 25.0 Å². The van der Waals surface area contributed by atoms with Crippen molar-refractivity contribution in [3.63, 3.8) is 0 Å². The Morgan fingerprint density at radius 2 is 2.07 bits per heavy atom. The second-order valence-corrected chi connectivity index (χ2v) is 7.87. The molecule has 2 heterocycles. The van der Waals surface area contributed by atoms with Crippen molar-refractivity contribution in [2.75, 3.05) is 19.0 Å². The lowest BCUT2D eigenvalue weighted by Gasteiger charge is -2.11. The Labute approximate surface area is 177 Å². The van der Waals surface area contributed by atoms with Gasteiger partial charge in [0.1, 0.15) is 10.8 Å². The van der Waals surface area contributed by atoms with E-state index in [0.717, 1.165) is 4.68 Å². The molecule has 0 saturated carbocycles. The highest BCUT2D eigenvalue weighted by Crippen LogP contribution is 2.31.